The normalized spacial score (nSPS) is 14.6. The van der Waals surface area contributed by atoms with Gasteiger partial charge in [0.15, 0.2) is 10.8 Å². The van der Waals surface area contributed by atoms with Gasteiger partial charge in [-0.15, -0.1) is 0 Å². The second kappa shape index (κ2) is 9.88. The Labute approximate surface area is 200 Å². The van der Waals surface area contributed by atoms with Crippen LogP contribution in [-0.4, -0.2) is 45.5 Å². The van der Waals surface area contributed by atoms with Gasteiger partial charge in [-0.25, -0.2) is 9.37 Å². The van der Waals surface area contributed by atoms with E-state index in [1.54, 1.807) is 19.1 Å². The van der Waals surface area contributed by atoms with Crippen molar-refractivity contribution < 1.29 is 14.0 Å². The SMILES string of the molecule is Cc1ccc(NC(=O)Cn2cnc3nc(N4CCC(C(=O)NC(C)C)CC4)sc3c2=O)cc1F. The van der Waals surface area contributed by atoms with Gasteiger partial charge in [-0.1, -0.05) is 17.4 Å². The van der Waals surface area contributed by atoms with E-state index in [1.807, 2.05) is 13.8 Å². The molecule has 34 heavy (non-hydrogen) atoms. The van der Waals surface area contributed by atoms with Crippen LogP contribution < -0.4 is 21.1 Å². The fourth-order valence-corrected chi connectivity index (χ4v) is 4.86. The molecule has 11 heteroatoms. The fourth-order valence-electron chi connectivity index (χ4n) is 3.84. The van der Waals surface area contributed by atoms with E-state index in [4.69, 9.17) is 0 Å². The predicted octanol–water partition coefficient (Wildman–Crippen LogP) is 2.68. The standard InChI is InChI=1S/C23H27FN6O3S/c1-13(2)26-21(32)15-6-8-29(9-7-15)23-28-20-19(34-23)22(33)30(12-25-20)11-18(31)27-16-5-4-14(3)17(24)10-16/h4-5,10,12-13,15H,6-9,11H2,1-3H3,(H,26,32)(H,27,31). The number of halogens is 1. The number of carbonyl (C=O) groups is 2. The number of anilines is 2. The number of hydrogen-bond acceptors (Lipinski definition) is 7. The van der Waals surface area contributed by atoms with Gasteiger partial charge in [0.05, 0.1) is 0 Å². The van der Waals surface area contributed by atoms with E-state index in [1.165, 1.54) is 28.3 Å². The Kier molecular flexibility index (Phi) is 6.92. The van der Waals surface area contributed by atoms with E-state index in [9.17, 15) is 18.8 Å². The molecule has 4 rings (SSSR count). The summed E-state index contributed by atoms with van der Waals surface area (Å²) in [6.07, 6.45) is 2.73. The highest BCUT2D eigenvalue weighted by molar-refractivity contribution is 7.22. The predicted molar refractivity (Wildman–Crippen MR) is 130 cm³/mol. The van der Waals surface area contributed by atoms with Crippen LogP contribution in [0.5, 0.6) is 0 Å². The highest BCUT2D eigenvalue weighted by atomic mass is 32.1. The van der Waals surface area contributed by atoms with E-state index in [2.05, 4.69) is 25.5 Å². The molecule has 2 aromatic heterocycles. The Hall–Kier alpha value is -3.34. The lowest BCUT2D eigenvalue weighted by atomic mass is 9.96. The van der Waals surface area contributed by atoms with E-state index in [-0.39, 0.29) is 30.0 Å². The van der Waals surface area contributed by atoms with Gasteiger partial charge < -0.3 is 15.5 Å². The van der Waals surface area contributed by atoms with Crippen molar-refractivity contribution >= 4 is 44.3 Å². The number of hydrogen-bond donors (Lipinski definition) is 2. The van der Waals surface area contributed by atoms with Crippen LogP contribution >= 0.6 is 11.3 Å². The molecule has 0 aliphatic carbocycles. The quantitative estimate of drug-likeness (QED) is 0.555. The summed E-state index contributed by atoms with van der Waals surface area (Å²) in [5.41, 5.74) is 0.779. The van der Waals surface area contributed by atoms with Crippen molar-refractivity contribution in [2.75, 3.05) is 23.3 Å². The van der Waals surface area contributed by atoms with Crippen LogP contribution in [0, 0.1) is 18.7 Å². The molecule has 0 saturated carbocycles. The van der Waals surface area contributed by atoms with Crippen LogP contribution in [0.4, 0.5) is 15.2 Å². The van der Waals surface area contributed by atoms with Gasteiger partial charge in [-0.2, -0.15) is 4.98 Å². The molecule has 2 amide bonds. The molecule has 0 unspecified atom stereocenters. The molecule has 0 spiro atoms. The molecule has 1 saturated heterocycles. The summed E-state index contributed by atoms with van der Waals surface area (Å²) in [5, 5.41) is 6.24. The molecule has 1 aliphatic heterocycles. The maximum absolute atomic E-state index is 13.7. The van der Waals surface area contributed by atoms with Gasteiger partial charge >= 0.3 is 0 Å². The molecule has 0 radical (unpaired) electrons. The third kappa shape index (κ3) is 5.24. The highest BCUT2D eigenvalue weighted by Crippen LogP contribution is 2.29. The Morgan fingerprint density at radius 1 is 1.26 bits per heavy atom. The van der Waals surface area contributed by atoms with Gasteiger partial charge in [0, 0.05) is 30.7 Å². The molecule has 3 aromatic rings. The van der Waals surface area contributed by atoms with Crippen molar-refractivity contribution in [1.82, 2.24) is 19.9 Å². The van der Waals surface area contributed by atoms with Crippen LogP contribution in [0.2, 0.25) is 0 Å². The van der Waals surface area contributed by atoms with Crippen molar-refractivity contribution in [3.05, 3.63) is 46.3 Å². The maximum atomic E-state index is 13.7. The first kappa shape index (κ1) is 23.8. The minimum atomic E-state index is -0.460. The molecule has 3 heterocycles. The highest BCUT2D eigenvalue weighted by Gasteiger charge is 2.27. The second-order valence-corrected chi connectivity index (χ2v) is 9.74. The Morgan fingerprint density at radius 2 is 2.00 bits per heavy atom. The summed E-state index contributed by atoms with van der Waals surface area (Å²) in [4.78, 5) is 48.4. The lowest BCUT2D eigenvalue weighted by molar-refractivity contribution is -0.126. The van der Waals surface area contributed by atoms with Gasteiger partial charge in [-0.05, 0) is 51.3 Å². The molecular formula is C23H27FN6O3S. The Balaban J connectivity index is 1.43. The second-order valence-electron chi connectivity index (χ2n) is 8.76. The number of thiazole rings is 1. The molecule has 1 aromatic carbocycles. The summed E-state index contributed by atoms with van der Waals surface area (Å²) in [6.45, 7) is 6.61. The molecule has 1 fully saturated rings. The number of nitrogens with zero attached hydrogens (tertiary/aromatic N) is 4. The zero-order valence-electron chi connectivity index (χ0n) is 19.3. The average Bonchev–Trinajstić information content (AvgIpc) is 3.23. The molecule has 0 bridgehead atoms. The third-order valence-electron chi connectivity index (χ3n) is 5.71. The van der Waals surface area contributed by atoms with Crippen molar-refractivity contribution in [2.24, 2.45) is 5.92 Å². The van der Waals surface area contributed by atoms with Gasteiger partial charge in [0.1, 0.15) is 23.4 Å². The number of carbonyl (C=O) groups excluding carboxylic acids is 2. The molecular weight excluding hydrogens is 459 g/mol. The summed E-state index contributed by atoms with van der Waals surface area (Å²) < 4.78 is 15.3. The Bertz CT molecular complexity index is 1280. The number of fused-ring (bicyclic) bond motifs is 1. The van der Waals surface area contributed by atoms with Crippen molar-refractivity contribution in [1.29, 1.82) is 0 Å². The third-order valence-corrected chi connectivity index (χ3v) is 6.80. The first-order chi connectivity index (χ1) is 16.2. The number of rotatable bonds is 6. The minimum Gasteiger partial charge on any atom is -0.354 e. The van der Waals surface area contributed by atoms with Crippen molar-refractivity contribution in [3.8, 4) is 0 Å². The van der Waals surface area contributed by atoms with Crippen molar-refractivity contribution in [2.45, 2.75) is 46.2 Å². The topological polar surface area (TPSA) is 109 Å². The molecule has 180 valence electrons. The van der Waals surface area contributed by atoms with Crippen LogP contribution in [0.1, 0.15) is 32.3 Å². The number of benzene rings is 1. The van der Waals surface area contributed by atoms with Gasteiger partial charge in [0.25, 0.3) is 5.56 Å². The number of piperidine rings is 1. The van der Waals surface area contributed by atoms with Crippen LogP contribution in [0.15, 0.2) is 29.3 Å². The number of aromatic nitrogens is 3. The fraction of sp³-hybridized carbons (Fsp3) is 0.435. The maximum Gasteiger partial charge on any atom is 0.273 e. The lowest BCUT2D eigenvalue weighted by Gasteiger charge is -2.31. The summed E-state index contributed by atoms with van der Waals surface area (Å²) in [6, 6.07) is 4.53. The number of aryl methyl sites for hydroxylation is 1. The van der Waals surface area contributed by atoms with Crippen LogP contribution in [-0.2, 0) is 16.1 Å². The lowest BCUT2D eigenvalue weighted by Crippen LogP contribution is -2.42. The molecule has 2 N–H and O–H groups in total. The molecule has 1 aliphatic rings. The number of nitrogens with one attached hydrogen (secondary N) is 2. The van der Waals surface area contributed by atoms with E-state index >= 15 is 0 Å². The molecule has 0 atom stereocenters. The van der Waals surface area contributed by atoms with E-state index < -0.39 is 11.7 Å². The monoisotopic (exact) mass is 486 g/mol. The van der Waals surface area contributed by atoms with Gasteiger partial charge in [0.2, 0.25) is 11.8 Å². The first-order valence-electron chi connectivity index (χ1n) is 11.2. The van der Waals surface area contributed by atoms with E-state index in [0.717, 1.165) is 0 Å². The Morgan fingerprint density at radius 3 is 2.68 bits per heavy atom. The molecule has 9 nitrogen and oxygen atoms in total. The van der Waals surface area contributed by atoms with Crippen LogP contribution in [0.3, 0.4) is 0 Å². The summed E-state index contributed by atoms with van der Waals surface area (Å²) in [5.74, 6) is -0.822. The zero-order chi connectivity index (χ0) is 24.4. The summed E-state index contributed by atoms with van der Waals surface area (Å²) >= 11 is 1.24. The summed E-state index contributed by atoms with van der Waals surface area (Å²) in [7, 11) is 0. The van der Waals surface area contributed by atoms with Crippen molar-refractivity contribution in [3.63, 3.8) is 0 Å². The smallest absolute Gasteiger partial charge is 0.273 e. The number of amides is 2. The van der Waals surface area contributed by atoms with E-state index in [0.29, 0.717) is 52.7 Å². The minimum absolute atomic E-state index is 0.0242. The first-order valence-corrected chi connectivity index (χ1v) is 12.0. The average molecular weight is 487 g/mol. The van der Waals surface area contributed by atoms with Crippen LogP contribution in [0.25, 0.3) is 10.3 Å². The largest absolute Gasteiger partial charge is 0.354 e. The van der Waals surface area contributed by atoms with Gasteiger partial charge in [-0.3, -0.25) is 19.0 Å². The zero-order valence-corrected chi connectivity index (χ0v) is 20.1.